The van der Waals surface area contributed by atoms with Crippen LogP contribution in [-0.4, -0.2) is 18.0 Å². The molecule has 0 atom stereocenters. The minimum absolute atomic E-state index is 0.0396. The lowest BCUT2D eigenvalue weighted by Gasteiger charge is -2.05. The summed E-state index contributed by atoms with van der Waals surface area (Å²) in [6.45, 7) is 1.94. The van der Waals surface area contributed by atoms with Crippen LogP contribution >= 0.6 is 11.6 Å². The molecule has 2 rings (SSSR count). The van der Waals surface area contributed by atoms with Gasteiger partial charge in [0, 0.05) is 22.7 Å². The normalized spacial score (nSPS) is 10.6. The average Bonchev–Trinajstić information content (AvgIpc) is 2.57. The third-order valence-electron chi connectivity index (χ3n) is 3.16. The third-order valence-corrected chi connectivity index (χ3v) is 3.41. The smallest absolute Gasteiger partial charge is 0.271 e. The maximum atomic E-state index is 12.0. The molecule has 5 nitrogen and oxygen atoms in total. The number of rotatable bonds is 6. The lowest BCUT2D eigenvalue weighted by molar-refractivity contribution is -0.116. The van der Waals surface area contributed by atoms with Crippen molar-refractivity contribution in [1.82, 2.24) is 5.43 Å². The Hall–Kier alpha value is -2.66. The van der Waals surface area contributed by atoms with Crippen LogP contribution in [0.1, 0.15) is 35.7 Å². The van der Waals surface area contributed by atoms with Gasteiger partial charge in [0.2, 0.25) is 5.91 Å². The highest BCUT2D eigenvalue weighted by Gasteiger charge is 2.05. The van der Waals surface area contributed by atoms with E-state index >= 15 is 0 Å². The molecule has 24 heavy (non-hydrogen) atoms. The van der Waals surface area contributed by atoms with Gasteiger partial charge in [-0.25, -0.2) is 5.43 Å². The molecule has 0 aliphatic rings. The Morgan fingerprint density at radius 2 is 1.75 bits per heavy atom. The molecule has 0 aliphatic carbocycles. The summed E-state index contributed by atoms with van der Waals surface area (Å²) in [5.74, 6) is -0.367. The van der Waals surface area contributed by atoms with Crippen molar-refractivity contribution in [2.75, 3.05) is 5.32 Å². The van der Waals surface area contributed by atoms with Crippen molar-refractivity contribution in [3.05, 3.63) is 64.7 Å². The second-order valence-electron chi connectivity index (χ2n) is 5.13. The number of carbonyl (C=O) groups excluding carboxylic acids is 2. The molecule has 0 unspecified atom stereocenters. The van der Waals surface area contributed by atoms with Crippen LogP contribution in [0.15, 0.2) is 53.6 Å². The Kier molecular flexibility index (Phi) is 6.51. The van der Waals surface area contributed by atoms with Crippen LogP contribution in [0.5, 0.6) is 0 Å². The van der Waals surface area contributed by atoms with Crippen molar-refractivity contribution in [2.24, 2.45) is 5.10 Å². The fourth-order valence-electron chi connectivity index (χ4n) is 1.93. The summed E-state index contributed by atoms with van der Waals surface area (Å²) in [7, 11) is 0. The molecule has 0 radical (unpaired) electrons. The first-order chi connectivity index (χ1) is 11.6. The zero-order valence-electron chi connectivity index (χ0n) is 13.3. The molecule has 0 heterocycles. The quantitative estimate of drug-likeness (QED) is 0.618. The van der Waals surface area contributed by atoms with E-state index in [0.29, 0.717) is 22.7 Å². The molecule has 2 aromatic rings. The molecule has 0 bridgehead atoms. The molecule has 2 amide bonds. The van der Waals surface area contributed by atoms with Crippen molar-refractivity contribution in [3.63, 3.8) is 0 Å². The number of hydrogen-bond donors (Lipinski definition) is 2. The molecule has 124 valence electrons. The molecular weight excluding hydrogens is 326 g/mol. The van der Waals surface area contributed by atoms with Gasteiger partial charge < -0.3 is 5.32 Å². The first-order valence-electron chi connectivity index (χ1n) is 7.57. The zero-order chi connectivity index (χ0) is 17.4. The second-order valence-corrected chi connectivity index (χ2v) is 5.56. The van der Waals surface area contributed by atoms with Crippen molar-refractivity contribution in [2.45, 2.75) is 19.8 Å². The van der Waals surface area contributed by atoms with Crippen LogP contribution in [0.2, 0.25) is 5.02 Å². The maximum Gasteiger partial charge on any atom is 0.271 e. The second kappa shape index (κ2) is 8.84. The van der Waals surface area contributed by atoms with Crippen LogP contribution in [-0.2, 0) is 4.79 Å². The highest BCUT2D eigenvalue weighted by molar-refractivity contribution is 6.30. The predicted molar refractivity (Wildman–Crippen MR) is 96.5 cm³/mol. The Balaban J connectivity index is 1.90. The number of halogens is 1. The molecule has 0 fully saturated rings. The van der Waals surface area contributed by atoms with Gasteiger partial charge in [0.15, 0.2) is 0 Å². The van der Waals surface area contributed by atoms with Crippen molar-refractivity contribution in [1.29, 1.82) is 0 Å². The van der Waals surface area contributed by atoms with Crippen LogP contribution in [0.3, 0.4) is 0 Å². The monoisotopic (exact) mass is 343 g/mol. The van der Waals surface area contributed by atoms with E-state index in [0.717, 1.165) is 12.0 Å². The standard InChI is InChI=1S/C18H18ClN3O2/c1-2-3-17(23)21-16-10-6-14(7-11-16)18(24)22-20-12-13-4-8-15(19)9-5-13/h4-12H,2-3H2,1H3,(H,21,23)(H,22,24). The van der Waals surface area contributed by atoms with Gasteiger partial charge in [0.1, 0.15) is 0 Å². The van der Waals surface area contributed by atoms with E-state index < -0.39 is 0 Å². The van der Waals surface area contributed by atoms with Crippen molar-refractivity contribution >= 4 is 35.3 Å². The van der Waals surface area contributed by atoms with E-state index in [2.05, 4.69) is 15.8 Å². The number of hydrazone groups is 1. The summed E-state index contributed by atoms with van der Waals surface area (Å²) in [5, 5.41) is 7.31. The van der Waals surface area contributed by atoms with E-state index in [-0.39, 0.29) is 11.8 Å². The van der Waals surface area contributed by atoms with Gasteiger partial charge in [-0.05, 0) is 48.4 Å². The summed E-state index contributed by atoms with van der Waals surface area (Å²) >= 11 is 5.80. The molecule has 6 heteroatoms. The van der Waals surface area contributed by atoms with E-state index in [1.54, 1.807) is 48.5 Å². The lowest BCUT2D eigenvalue weighted by Crippen LogP contribution is -2.17. The van der Waals surface area contributed by atoms with Gasteiger partial charge in [-0.2, -0.15) is 5.10 Å². The topological polar surface area (TPSA) is 70.6 Å². The van der Waals surface area contributed by atoms with E-state index in [1.165, 1.54) is 6.21 Å². The number of amides is 2. The SMILES string of the molecule is CCCC(=O)Nc1ccc(C(=O)NN=Cc2ccc(Cl)cc2)cc1. The van der Waals surface area contributed by atoms with Crippen LogP contribution in [0, 0.1) is 0 Å². The first kappa shape index (κ1) is 17.7. The van der Waals surface area contributed by atoms with Gasteiger partial charge in [-0.3, -0.25) is 9.59 Å². The van der Waals surface area contributed by atoms with Gasteiger partial charge >= 0.3 is 0 Å². The number of benzene rings is 2. The van der Waals surface area contributed by atoms with Crippen LogP contribution in [0.4, 0.5) is 5.69 Å². The third kappa shape index (κ3) is 5.52. The maximum absolute atomic E-state index is 12.0. The molecule has 2 aromatic carbocycles. The minimum Gasteiger partial charge on any atom is -0.326 e. The van der Waals surface area contributed by atoms with Crippen molar-refractivity contribution in [3.8, 4) is 0 Å². The molecule has 0 aliphatic heterocycles. The van der Waals surface area contributed by atoms with E-state index in [1.807, 2.05) is 6.92 Å². The first-order valence-corrected chi connectivity index (χ1v) is 7.95. The molecule has 2 N–H and O–H groups in total. The Morgan fingerprint density at radius 1 is 1.08 bits per heavy atom. The van der Waals surface area contributed by atoms with Crippen molar-refractivity contribution < 1.29 is 9.59 Å². The van der Waals surface area contributed by atoms with Crippen LogP contribution < -0.4 is 10.7 Å². The Morgan fingerprint density at radius 3 is 2.38 bits per heavy atom. The average molecular weight is 344 g/mol. The summed E-state index contributed by atoms with van der Waals surface area (Å²) in [6, 6.07) is 13.7. The van der Waals surface area contributed by atoms with E-state index in [9.17, 15) is 9.59 Å². The number of nitrogens with zero attached hydrogens (tertiary/aromatic N) is 1. The summed E-state index contributed by atoms with van der Waals surface area (Å²) in [5.41, 5.74) is 4.40. The van der Waals surface area contributed by atoms with Gasteiger partial charge in [-0.15, -0.1) is 0 Å². The largest absolute Gasteiger partial charge is 0.326 e. The summed E-state index contributed by atoms with van der Waals surface area (Å²) < 4.78 is 0. The van der Waals surface area contributed by atoms with Gasteiger partial charge in [0.25, 0.3) is 5.91 Å². The van der Waals surface area contributed by atoms with Gasteiger partial charge in [0.05, 0.1) is 6.21 Å². The van der Waals surface area contributed by atoms with Gasteiger partial charge in [-0.1, -0.05) is 30.7 Å². The Bertz CT molecular complexity index is 725. The highest BCUT2D eigenvalue weighted by atomic mass is 35.5. The van der Waals surface area contributed by atoms with Crippen LogP contribution in [0.25, 0.3) is 0 Å². The predicted octanol–water partition coefficient (Wildman–Crippen LogP) is 3.84. The highest BCUT2D eigenvalue weighted by Crippen LogP contribution is 2.10. The molecular formula is C18H18ClN3O2. The number of carbonyl (C=O) groups is 2. The molecule has 0 aromatic heterocycles. The van der Waals surface area contributed by atoms with E-state index in [4.69, 9.17) is 11.6 Å². The fraction of sp³-hybridized carbons (Fsp3) is 0.167. The molecule has 0 saturated carbocycles. The number of nitrogens with one attached hydrogen (secondary N) is 2. The fourth-order valence-corrected chi connectivity index (χ4v) is 2.06. The zero-order valence-corrected chi connectivity index (χ0v) is 14.0. The number of hydrogen-bond acceptors (Lipinski definition) is 3. The lowest BCUT2D eigenvalue weighted by atomic mass is 10.2. The molecule has 0 saturated heterocycles. The molecule has 0 spiro atoms. The Labute approximate surface area is 145 Å². The number of anilines is 1. The summed E-state index contributed by atoms with van der Waals surface area (Å²) in [6.07, 6.45) is 2.80. The minimum atomic E-state index is -0.327. The summed E-state index contributed by atoms with van der Waals surface area (Å²) in [4.78, 5) is 23.5.